The third kappa shape index (κ3) is 1.38. The largest absolute Gasteiger partial charge is 0.117 e. The van der Waals surface area contributed by atoms with Crippen molar-refractivity contribution in [2.45, 2.75) is 56.6 Å². The molecule has 2 unspecified atom stereocenters. The first-order chi connectivity index (χ1) is 4.95. The summed E-state index contributed by atoms with van der Waals surface area (Å²) in [7, 11) is 2.65. The average molecular weight is 135 g/mol. The fourth-order valence-corrected chi connectivity index (χ4v) is 2.51. The normalized spacial score (nSPS) is 40.0. The Morgan fingerprint density at radius 3 is 1.80 bits per heavy atom. The van der Waals surface area contributed by atoms with Crippen molar-refractivity contribution in [3.05, 3.63) is 0 Å². The first-order valence-corrected chi connectivity index (χ1v) is 4.80. The Hall–Kier alpha value is 0.0649. The minimum absolute atomic E-state index is 1.02. The average Bonchev–Trinajstić information content (AvgIpc) is 2.12. The third-order valence-corrected chi connectivity index (χ3v) is 3.09. The van der Waals surface area contributed by atoms with E-state index in [1.807, 2.05) is 0 Å². The fraction of sp³-hybridized carbons (Fsp3) is 1.00. The summed E-state index contributed by atoms with van der Waals surface area (Å²) in [5, 5.41) is 0. The zero-order chi connectivity index (χ0) is 6.81. The number of fused-ring (bicyclic) bond motifs is 2. The van der Waals surface area contributed by atoms with Crippen LogP contribution in [0.2, 0.25) is 11.6 Å². The second-order valence-electron chi connectivity index (χ2n) is 3.93. The second kappa shape index (κ2) is 2.98. The minimum atomic E-state index is 1.02. The van der Waals surface area contributed by atoms with Gasteiger partial charge in [-0.15, -0.1) is 0 Å². The summed E-state index contributed by atoms with van der Waals surface area (Å²) in [5.41, 5.74) is 0. The van der Waals surface area contributed by atoms with Crippen LogP contribution in [0, 0.1) is 0 Å². The summed E-state index contributed by atoms with van der Waals surface area (Å²) in [6.45, 7) is 0. The molecule has 0 saturated carbocycles. The lowest BCUT2D eigenvalue weighted by molar-refractivity contribution is 0.570. The molecule has 0 N–H and O–H groups in total. The SMILES string of the molecule is [B]1C2CCCCC1CCC2. The lowest BCUT2D eigenvalue weighted by atomic mass is 9.48. The summed E-state index contributed by atoms with van der Waals surface area (Å²) in [6.07, 6.45) is 10.5. The lowest BCUT2D eigenvalue weighted by Gasteiger charge is -2.24. The van der Waals surface area contributed by atoms with Gasteiger partial charge in [0.15, 0.2) is 0 Å². The van der Waals surface area contributed by atoms with E-state index in [-0.39, 0.29) is 0 Å². The van der Waals surface area contributed by atoms with Crippen LogP contribution in [0.3, 0.4) is 0 Å². The molecule has 0 spiro atoms. The van der Waals surface area contributed by atoms with Gasteiger partial charge < -0.3 is 0 Å². The summed E-state index contributed by atoms with van der Waals surface area (Å²) >= 11 is 0. The van der Waals surface area contributed by atoms with Crippen LogP contribution in [-0.2, 0) is 0 Å². The Balaban J connectivity index is 1.96. The molecule has 0 aliphatic carbocycles. The van der Waals surface area contributed by atoms with Crippen molar-refractivity contribution >= 4 is 7.28 Å². The minimum Gasteiger partial charge on any atom is -0.0686 e. The molecule has 0 aromatic rings. The summed E-state index contributed by atoms with van der Waals surface area (Å²) < 4.78 is 0. The van der Waals surface area contributed by atoms with Gasteiger partial charge in [0.25, 0.3) is 0 Å². The van der Waals surface area contributed by atoms with E-state index in [0.29, 0.717) is 0 Å². The van der Waals surface area contributed by atoms with Crippen molar-refractivity contribution in [2.75, 3.05) is 0 Å². The molecule has 2 rings (SSSR count). The van der Waals surface area contributed by atoms with Gasteiger partial charge in [-0.1, -0.05) is 56.6 Å². The van der Waals surface area contributed by atoms with Crippen LogP contribution in [0.25, 0.3) is 0 Å². The van der Waals surface area contributed by atoms with Gasteiger partial charge in [-0.3, -0.25) is 0 Å². The highest BCUT2D eigenvalue weighted by molar-refractivity contribution is 6.40. The zero-order valence-corrected chi connectivity index (χ0v) is 6.68. The molecule has 10 heavy (non-hydrogen) atoms. The van der Waals surface area contributed by atoms with Crippen LogP contribution < -0.4 is 0 Å². The maximum absolute atomic E-state index is 2.65. The van der Waals surface area contributed by atoms with E-state index in [1.165, 1.54) is 44.9 Å². The van der Waals surface area contributed by atoms with Gasteiger partial charge >= 0.3 is 0 Å². The topological polar surface area (TPSA) is 0 Å². The summed E-state index contributed by atoms with van der Waals surface area (Å²) in [4.78, 5) is 0. The predicted molar refractivity (Wildman–Crippen MR) is 45.6 cm³/mol. The van der Waals surface area contributed by atoms with E-state index in [4.69, 9.17) is 0 Å². The molecule has 2 atom stereocenters. The van der Waals surface area contributed by atoms with Crippen molar-refractivity contribution in [1.29, 1.82) is 0 Å². The smallest absolute Gasteiger partial charge is 0.0686 e. The molecule has 0 amide bonds. The molecule has 2 aliphatic heterocycles. The molecule has 2 saturated heterocycles. The molecule has 1 heteroatoms. The van der Waals surface area contributed by atoms with Crippen molar-refractivity contribution in [2.24, 2.45) is 0 Å². The van der Waals surface area contributed by atoms with Crippen molar-refractivity contribution < 1.29 is 0 Å². The Labute approximate surface area is 64.6 Å². The molecule has 0 nitrogen and oxygen atoms in total. The quantitative estimate of drug-likeness (QED) is 0.448. The van der Waals surface area contributed by atoms with Crippen molar-refractivity contribution in [3.8, 4) is 0 Å². The third-order valence-electron chi connectivity index (χ3n) is 3.09. The molecule has 55 valence electrons. The van der Waals surface area contributed by atoms with Gasteiger partial charge in [-0.25, -0.2) is 0 Å². The molecule has 2 bridgehead atoms. The molecule has 1 radical (unpaired) electrons. The van der Waals surface area contributed by atoms with Crippen LogP contribution in [0.15, 0.2) is 0 Å². The van der Waals surface area contributed by atoms with Crippen LogP contribution >= 0.6 is 0 Å². The first kappa shape index (κ1) is 6.76. The molecule has 2 heterocycles. The Bertz CT molecular complexity index is 99.3. The zero-order valence-electron chi connectivity index (χ0n) is 6.68. The highest BCUT2D eigenvalue weighted by Crippen LogP contribution is 2.39. The Morgan fingerprint density at radius 1 is 0.700 bits per heavy atom. The summed E-state index contributed by atoms with van der Waals surface area (Å²) in [5.74, 6) is 2.03. The van der Waals surface area contributed by atoms with Gasteiger partial charge in [0.2, 0.25) is 0 Å². The van der Waals surface area contributed by atoms with Crippen LogP contribution in [0.1, 0.15) is 44.9 Å². The van der Waals surface area contributed by atoms with Crippen molar-refractivity contribution in [1.82, 2.24) is 0 Å². The van der Waals surface area contributed by atoms with Gasteiger partial charge in [-0.2, -0.15) is 0 Å². The fourth-order valence-electron chi connectivity index (χ4n) is 2.51. The second-order valence-corrected chi connectivity index (χ2v) is 3.93. The molecule has 2 fully saturated rings. The van der Waals surface area contributed by atoms with Gasteiger partial charge in [0, 0.05) is 0 Å². The molecule has 0 aromatic heterocycles. The summed E-state index contributed by atoms with van der Waals surface area (Å²) in [6, 6.07) is 0. The number of rotatable bonds is 0. The van der Waals surface area contributed by atoms with Gasteiger partial charge in [-0.05, 0) is 0 Å². The van der Waals surface area contributed by atoms with E-state index in [9.17, 15) is 0 Å². The van der Waals surface area contributed by atoms with E-state index >= 15 is 0 Å². The van der Waals surface area contributed by atoms with Crippen LogP contribution in [0.4, 0.5) is 0 Å². The Kier molecular flexibility index (Phi) is 2.01. The molecular weight excluding hydrogens is 119 g/mol. The van der Waals surface area contributed by atoms with E-state index in [1.54, 1.807) is 0 Å². The molecule has 0 aromatic carbocycles. The van der Waals surface area contributed by atoms with Gasteiger partial charge in [0.05, 0.1) is 0 Å². The van der Waals surface area contributed by atoms with E-state index in [0.717, 1.165) is 11.6 Å². The van der Waals surface area contributed by atoms with Crippen molar-refractivity contribution in [3.63, 3.8) is 0 Å². The van der Waals surface area contributed by atoms with Gasteiger partial charge in [0.1, 0.15) is 7.28 Å². The number of hydrogen-bond acceptors (Lipinski definition) is 0. The highest BCUT2D eigenvalue weighted by Gasteiger charge is 2.24. The molecule has 2 aliphatic rings. The standard InChI is InChI=1S/C9H16B/c1-2-5-9-7-3-6-8(4-1)10-9/h8-9H,1-7H2. The monoisotopic (exact) mass is 135 g/mol. The number of hydrogen-bond donors (Lipinski definition) is 0. The van der Waals surface area contributed by atoms with E-state index in [2.05, 4.69) is 7.28 Å². The maximum atomic E-state index is 2.65. The highest BCUT2D eigenvalue weighted by atomic mass is 14.2. The lowest BCUT2D eigenvalue weighted by Crippen LogP contribution is -2.14. The maximum Gasteiger partial charge on any atom is 0.117 e. The molecular formula is C9H16B. The Morgan fingerprint density at radius 2 is 1.20 bits per heavy atom. The van der Waals surface area contributed by atoms with Crippen LogP contribution in [-0.4, -0.2) is 7.28 Å². The predicted octanol–water partition coefficient (Wildman–Crippen LogP) is 3.03. The first-order valence-electron chi connectivity index (χ1n) is 4.80. The van der Waals surface area contributed by atoms with E-state index < -0.39 is 0 Å². The van der Waals surface area contributed by atoms with Crippen LogP contribution in [0.5, 0.6) is 0 Å².